The molecule has 9 heteroatoms. The van der Waals surface area contributed by atoms with Crippen LogP contribution in [0, 0.1) is 0 Å². The Hall–Kier alpha value is -3.72. The number of rotatable bonds is 6. The van der Waals surface area contributed by atoms with Crippen molar-refractivity contribution in [3.8, 4) is 11.1 Å². The van der Waals surface area contributed by atoms with Gasteiger partial charge >= 0.3 is 12.1 Å². The Morgan fingerprint density at radius 1 is 1.09 bits per heavy atom. The summed E-state index contributed by atoms with van der Waals surface area (Å²) in [5, 5.41) is 13.9. The summed E-state index contributed by atoms with van der Waals surface area (Å²) in [5.74, 6) is -1.30. The average Bonchev–Trinajstić information content (AvgIpc) is 3.56. The monoisotopic (exact) mass is 477 g/mol. The third-order valence-corrected chi connectivity index (χ3v) is 7.10. The molecular formula is C25H23N3O5S. The standard InChI is InChI=1S/C25H23N3O5S/c29-22(28-11-5-10-21(28)23(30)31)12-15-14-34-24(26-15)27-25(32)33-13-20-18-8-3-1-6-16(18)17-7-2-4-9-19(17)20/h1-4,6-9,14,20-21H,5,10-13H2,(H,30,31)(H,26,27,32). The third kappa shape index (κ3) is 4.26. The molecule has 1 aliphatic heterocycles. The van der Waals surface area contributed by atoms with E-state index in [9.17, 15) is 19.5 Å². The zero-order chi connectivity index (χ0) is 23.7. The average molecular weight is 478 g/mol. The summed E-state index contributed by atoms with van der Waals surface area (Å²) in [6.45, 7) is 0.632. The van der Waals surface area contributed by atoms with Crippen molar-refractivity contribution in [2.24, 2.45) is 0 Å². The minimum Gasteiger partial charge on any atom is -0.480 e. The number of thiazole rings is 1. The van der Waals surface area contributed by atoms with Gasteiger partial charge in [-0.15, -0.1) is 11.3 Å². The van der Waals surface area contributed by atoms with E-state index in [0.29, 0.717) is 30.2 Å². The number of fused-ring (bicyclic) bond motifs is 3. The molecule has 2 amide bonds. The van der Waals surface area contributed by atoms with E-state index < -0.39 is 18.1 Å². The van der Waals surface area contributed by atoms with Crippen LogP contribution in [0.3, 0.4) is 0 Å². The van der Waals surface area contributed by atoms with Crippen molar-refractivity contribution in [2.45, 2.75) is 31.2 Å². The lowest BCUT2D eigenvalue weighted by Gasteiger charge is -2.20. The van der Waals surface area contributed by atoms with Gasteiger partial charge in [-0.25, -0.2) is 14.6 Å². The summed E-state index contributed by atoms with van der Waals surface area (Å²) in [6, 6.07) is 15.5. The van der Waals surface area contributed by atoms with Gasteiger partial charge in [0.1, 0.15) is 12.6 Å². The third-order valence-electron chi connectivity index (χ3n) is 6.29. The maximum absolute atomic E-state index is 12.5. The second kappa shape index (κ2) is 9.26. The number of hydrogen-bond acceptors (Lipinski definition) is 6. The maximum Gasteiger partial charge on any atom is 0.413 e. The maximum atomic E-state index is 12.5. The number of carboxylic acids is 1. The molecule has 0 bridgehead atoms. The minimum absolute atomic E-state index is 0.00729. The van der Waals surface area contributed by atoms with Gasteiger partial charge in [0.15, 0.2) is 5.13 Å². The van der Waals surface area contributed by atoms with E-state index in [1.54, 1.807) is 5.38 Å². The van der Waals surface area contributed by atoms with Crippen molar-refractivity contribution in [3.63, 3.8) is 0 Å². The molecule has 1 aliphatic carbocycles. The summed E-state index contributed by atoms with van der Waals surface area (Å²) < 4.78 is 5.53. The first kappa shape index (κ1) is 22.1. The molecule has 0 saturated carbocycles. The predicted octanol–water partition coefficient (Wildman–Crippen LogP) is 4.12. The molecule has 8 nitrogen and oxygen atoms in total. The lowest BCUT2D eigenvalue weighted by atomic mass is 9.98. The number of aliphatic carboxylic acids is 1. The Labute approximate surface area is 200 Å². The number of hydrogen-bond donors (Lipinski definition) is 2. The molecule has 3 aromatic rings. The quantitative estimate of drug-likeness (QED) is 0.553. The summed E-state index contributed by atoms with van der Waals surface area (Å²) in [7, 11) is 0. The van der Waals surface area contributed by atoms with E-state index in [4.69, 9.17) is 4.74 Å². The number of nitrogens with one attached hydrogen (secondary N) is 1. The molecule has 174 valence electrons. The van der Waals surface area contributed by atoms with Gasteiger partial charge in [0.05, 0.1) is 12.1 Å². The van der Waals surface area contributed by atoms with Crippen molar-refractivity contribution >= 4 is 34.4 Å². The Bertz CT molecular complexity index is 1210. The molecule has 1 unspecified atom stereocenters. The zero-order valence-electron chi connectivity index (χ0n) is 18.3. The van der Waals surface area contributed by atoms with E-state index in [2.05, 4.69) is 34.6 Å². The number of carboxylic acid groups (broad SMARTS) is 1. The Balaban J connectivity index is 1.18. The highest BCUT2D eigenvalue weighted by Crippen LogP contribution is 2.44. The van der Waals surface area contributed by atoms with E-state index >= 15 is 0 Å². The largest absolute Gasteiger partial charge is 0.480 e. The van der Waals surface area contributed by atoms with E-state index in [0.717, 1.165) is 22.3 Å². The molecule has 1 atom stereocenters. The van der Waals surface area contributed by atoms with E-state index in [1.165, 1.54) is 16.2 Å². The fraction of sp³-hybridized carbons (Fsp3) is 0.280. The highest BCUT2D eigenvalue weighted by molar-refractivity contribution is 7.13. The van der Waals surface area contributed by atoms with Crippen molar-refractivity contribution < 1.29 is 24.2 Å². The lowest BCUT2D eigenvalue weighted by Crippen LogP contribution is -2.41. The van der Waals surface area contributed by atoms with Crippen LogP contribution in [0.4, 0.5) is 9.93 Å². The molecule has 5 rings (SSSR count). The van der Waals surface area contributed by atoms with Gasteiger partial charge in [0, 0.05) is 17.8 Å². The first-order valence-corrected chi connectivity index (χ1v) is 12.0. The van der Waals surface area contributed by atoms with Crippen molar-refractivity contribution in [1.29, 1.82) is 0 Å². The first-order chi connectivity index (χ1) is 16.5. The molecular weight excluding hydrogens is 454 g/mol. The molecule has 1 fully saturated rings. The topological polar surface area (TPSA) is 109 Å². The minimum atomic E-state index is -0.985. The fourth-order valence-corrected chi connectivity index (χ4v) is 5.44. The van der Waals surface area contributed by atoms with Crippen LogP contribution in [-0.2, 0) is 20.7 Å². The fourth-order valence-electron chi connectivity index (χ4n) is 4.75. The summed E-state index contributed by atoms with van der Waals surface area (Å²) >= 11 is 1.19. The predicted molar refractivity (Wildman–Crippen MR) is 127 cm³/mol. The number of carbonyl (C=O) groups is 3. The van der Waals surface area contributed by atoms with Crippen molar-refractivity contribution in [3.05, 3.63) is 70.7 Å². The van der Waals surface area contributed by atoms with Gasteiger partial charge < -0.3 is 14.7 Å². The Morgan fingerprint density at radius 2 is 1.76 bits per heavy atom. The Kier molecular flexibility index (Phi) is 6.02. The SMILES string of the molecule is O=C(Nc1nc(CC(=O)N2CCCC2C(=O)O)cs1)OCC1c2ccccc2-c2ccccc21. The van der Waals surface area contributed by atoms with Crippen LogP contribution in [0.15, 0.2) is 53.9 Å². The number of nitrogens with zero attached hydrogens (tertiary/aromatic N) is 2. The van der Waals surface area contributed by atoms with Crippen LogP contribution < -0.4 is 5.32 Å². The molecule has 2 N–H and O–H groups in total. The van der Waals surface area contributed by atoms with Crippen LogP contribution in [0.1, 0.15) is 35.6 Å². The van der Waals surface area contributed by atoms with E-state index in [-0.39, 0.29) is 24.9 Å². The number of amides is 2. The lowest BCUT2D eigenvalue weighted by molar-refractivity contribution is -0.148. The van der Waals surface area contributed by atoms with Crippen LogP contribution in [-0.4, -0.2) is 52.2 Å². The second-order valence-electron chi connectivity index (χ2n) is 8.35. The highest BCUT2D eigenvalue weighted by atomic mass is 32.1. The van der Waals surface area contributed by atoms with Gasteiger partial charge in [0.25, 0.3) is 0 Å². The normalized spacial score (nSPS) is 16.7. The number of benzene rings is 2. The molecule has 2 aromatic carbocycles. The molecule has 1 aromatic heterocycles. The summed E-state index contributed by atoms with van der Waals surface area (Å²) in [4.78, 5) is 42.0. The summed E-state index contributed by atoms with van der Waals surface area (Å²) in [5.41, 5.74) is 5.06. The Morgan fingerprint density at radius 3 is 2.44 bits per heavy atom. The molecule has 0 radical (unpaired) electrons. The molecule has 34 heavy (non-hydrogen) atoms. The van der Waals surface area contributed by atoms with Gasteiger partial charge in [-0.2, -0.15) is 0 Å². The van der Waals surface area contributed by atoms with Crippen LogP contribution in [0.5, 0.6) is 0 Å². The smallest absolute Gasteiger partial charge is 0.413 e. The van der Waals surface area contributed by atoms with Gasteiger partial charge in [-0.3, -0.25) is 10.1 Å². The van der Waals surface area contributed by atoms with Gasteiger partial charge in [0.2, 0.25) is 5.91 Å². The number of anilines is 1. The van der Waals surface area contributed by atoms with Crippen LogP contribution >= 0.6 is 11.3 Å². The molecule has 2 heterocycles. The molecule has 2 aliphatic rings. The zero-order valence-corrected chi connectivity index (χ0v) is 19.1. The molecule has 0 spiro atoms. The number of aromatic nitrogens is 1. The van der Waals surface area contributed by atoms with Gasteiger partial charge in [-0.05, 0) is 35.1 Å². The number of ether oxygens (including phenoxy) is 1. The number of likely N-dealkylation sites (tertiary alicyclic amines) is 1. The summed E-state index contributed by atoms with van der Waals surface area (Å²) in [6.07, 6.45) is 0.521. The van der Waals surface area contributed by atoms with Crippen molar-refractivity contribution in [2.75, 3.05) is 18.5 Å². The molecule has 1 saturated heterocycles. The van der Waals surface area contributed by atoms with E-state index in [1.807, 2.05) is 24.3 Å². The van der Waals surface area contributed by atoms with Crippen molar-refractivity contribution in [1.82, 2.24) is 9.88 Å². The van der Waals surface area contributed by atoms with Crippen LogP contribution in [0.2, 0.25) is 0 Å². The van der Waals surface area contributed by atoms with Crippen LogP contribution in [0.25, 0.3) is 11.1 Å². The van der Waals surface area contributed by atoms with Gasteiger partial charge in [-0.1, -0.05) is 48.5 Å². The first-order valence-electron chi connectivity index (χ1n) is 11.1. The highest BCUT2D eigenvalue weighted by Gasteiger charge is 2.34. The number of carbonyl (C=O) groups excluding carboxylic acids is 2. The second-order valence-corrected chi connectivity index (χ2v) is 9.21.